The van der Waals surface area contributed by atoms with Crippen molar-refractivity contribution < 1.29 is 19.0 Å². The van der Waals surface area contributed by atoms with E-state index in [2.05, 4.69) is 5.32 Å². The van der Waals surface area contributed by atoms with Crippen molar-refractivity contribution in [3.8, 4) is 5.75 Å². The van der Waals surface area contributed by atoms with Gasteiger partial charge in [-0.25, -0.2) is 4.39 Å². The maximum atomic E-state index is 12.7. The van der Waals surface area contributed by atoms with E-state index in [0.29, 0.717) is 5.75 Å². The van der Waals surface area contributed by atoms with Gasteiger partial charge in [0.25, 0.3) is 0 Å². The molecular weight excluding hydrogens is 285 g/mol. The molecule has 1 aromatic rings. The Balaban J connectivity index is 1.67. The van der Waals surface area contributed by atoms with Gasteiger partial charge in [-0.05, 0) is 37.1 Å². The molecule has 0 aromatic heterocycles. The maximum Gasteiger partial charge on any atom is 0.223 e. The van der Waals surface area contributed by atoms with Crippen molar-refractivity contribution in [2.45, 2.75) is 44.6 Å². The van der Waals surface area contributed by atoms with Gasteiger partial charge in [-0.15, -0.1) is 0 Å². The number of halogens is 1. The Morgan fingerprint density at radius 2 is 1.86 bits per heavy atom. The van der Waals surface area contributed by atoms with Crippen LogP contribution < -0.4 is 10.1 Å². The SMILES string of the molecule is O=C(NCC(O)COc1ccc(F)cc1)C1CCCCCC1. The standard InChI is InChI=1S/C17H24FNO3/c18-14-7-9-16(10-8-14)22-12-15(20)11-19-17(21)13-5-3-1-2-4-6-13/h7-10,13,15,20H,1-6,11-12H2,(H,19,21). The Morgan fingerprint density at radius 1 is 1.23 bits per heavy atom. The van der Waals surface area contributed by atoms with E-state index in [1.54, 1.807) is 0 Å². The van der Waals surface area contributed by atoms with Crippen LogP contribution in [-0.4, -0.2) is 30.3 Å². The summed E-state index contributed by atoms with van der Waals surface area (Å²) in [5.41, 5.74) is 0. The quantitative estimate of drug-likeness (QED) is 0.794. The largest absolute Gasteiger partial charge is 0.491 e. The molecule has 4 nitrogen and oxygen atoms in total. The minimum absolute atomic E-state index is 0.0303. The van der Waals surface area contributed by atoms with Gasteiger partial charge >= 0.3 is 0 Å². The lowest BCUT2D eigenvalue weighted by Crippen LogP contribution is -2.38. The molecule has 2 N–H and O–H groups in total. The van der Waals surface area contributed by atoms with Crippen molar-refractivity contribution in [2.24, 2.45) is 5.92 Å². The Kier molecular flexibility index (Phi) is 6.65. The first-order valence-corrected chi connectivity index (χ1v) is 7.99. The van der Waals surface area contributed by atoms with E-state index in [4.69, 9.17) is 4.74 Å². The number of amides is 1. The number of aliphatic hydroxyl groups excluding tert-OH is 1. The Bertz CT molecular complexity index is 455. The van der Waals surface area contributed by atoms with Gasteiger partial charge < -0.3 is 15.2 Å². The fraction of sp³-hybridized carbons (Fsp3) is 0.588. The molecule has 0 spiro atoms. The van der Waals surface area contributed by atoms with Crippen LogP contribution in [0.1, 0.15) is 38.5 Å². The van der Waals surface area contributed by atoms with Gasteiger partial charge in [0.15, 0.2) is 0 Å². The summed E-state index contributed by atoms with van der Waals surface area (Å²) in [4.78, 5) is 12.1. The highest BCUT2D eigenvalue weighted by atomic mass is 19.1. The molecule has 122 valence electrons. The molecule has 1 amide bonds. The van der Waals surface area contributed by atoms with Crippen molar-refractivity contribution in [3.63, 3.8) is 0 Å². The maximum absolute atomic E-state index is 12.7. The molecule has 5 heteroatoms. The number of hydrogen-bond donors (Lipinski definition) is 2. The summed E-state index contributed by atoms with van der Waals surface area (Å²) in [6, 6.07) is 5.61. The van der Waals surface area contributed by atoms with Crippen LogP contribution in [0.15, 0.2) is 24.3 Å². The zero-order valence-electron chi connectivity index (χ0n) is 12.8. The molecule has 0 radical (unpaired) electrons. The highest BCUT2D eigenvalue weighted by molar-refractivity contribution is 5.78. The number of carbonyl (C=O) groups excluding carboxylic acids is 1. The molecule has 2 rings (SSSR count). The third-order valence-corrected chi connectivity index (χ3v) is 3.99. The van der Waals surface area contributed by atoms with Crippen LogP contribution in [0.3, 0.4) is 0 Å². The van der Waals surface area contributed by atoms with Crippen molar-refractivity contribution in [2.75, 3.05) is 13.2 Å². The number of hydrogen-bond acceptors (Lipinski definition) is 3. The molecular formula is C17H24FNO3. The molecule has 1 aliphatic rings. The van der Waals surface area contributed by atoms with Crippen molar-refractivity contribution in [3.05, 3.63) is 30.1 Å². The van der Waals surface area contributed by atoms with Crippen LogP contribution in [0.4, 0.5) is 4.39 Å². The Labute approximate surface area is 130 Å². The van der Waals surface area contributed by atoms with Crippen LogP contribution >= 0.6 is 0 Å². The zero-order valence-corrected chi connectivity index (χ0v) is 12.8. The van der Waals surface area contributed by atoms with E-state index in [-0.39, 0.29) is 30.8 Å². The van der Waals surface area contributed by atoms with Gasteiger partial charge in [0.05, 0.1) is 0 Å². The second-order valence-corrected chi connectivity index (χ2v) is 5.85. The van der Waals surface area contributed by atoms with Crippen LogP contribution in [0, 0.1) is 11.7 Å². The number of rotatable bonds is 6. The molecule has 1 aromatic carbocycles. The molecule has 0 aliphatic heterocycles. The van der Waals surface area contributed by atoms with Crippen LogP contribution in [0.5, 0.6) is 5.75 Å². The van der Waals surface area contributed by atoms with Crippen LogP contribution in [0.25, 0.3) is 0 Å². The molecule has 1 unspecified atom stereocenters. The average molecular weight is 309 g/mol. The van der Waals surface area contributed by atoms with Crippen molar-refractivity contribution in [1.82, 2.24) is 5.32 Å². The third-order valence-electron chi connectivity index (χ3n) is 3.99. The number of aliphatic hydroxyl groups is 1. The smallest absolute Gasteiger partial charge is 0.223 e. The Morgan fingerprint density at radius 3 is 2.50 bits per heavy atom. The summed E-state index contributed by atoms with van der Waals surface area (Å²) in [6.45, 7) is 0.243. The molecule has 22 heavy (non-hydrogen) atoms. The van der Waals surface area contributed by atoms with E-state index in [1.165, 1.54) is 37.1 Å². The van der Waals surface area contributed by atoms with Gasteiger partial charge in [0, 0.05) is 12.5 Å². The monoisotopic (exact) mass is 309 g/mol. The summed E-state index contributed by atoms with van der Waals surface area (Å²) in [5.74, 6) is 0.273. The molecule has 0 bridgehead atoms. The highest BCUT2D eigenvalue weighted by Gasteiger charge is 2.20. The lowest BCUT2D eigenvalue weighted by atomic mass is 9.99. The zero-order chi connectivity index (χ0) is 15.8. The molecule has 1 atom stereocenters. The normalized spacial score (nSPS) is 17.5. The number of benzene rings is 1. The lowest BCUT2D eigenvalue weighted by Gasteiger charge is -2.17. The van der Waals surface area contributed by atoms with E-state index in [0.717, 1.165) is 25.7 Å². The first kappa shape index (κ1) is 16.7. The predicted molar refractivity (Wildman–Crippen MR) is 82.1 cm³/mol. The fourth-order valence-corrected chi connectivity index (χ4v) is 2.69. The predicted octanol–water partition coefficient (Wildman–Crippen LogP) is 2.65. The second kappa shape index (κ2) is 8.73. The lowest BCUT2D eigenvalue weighted by molar-refractivity contribution is -0.125. The summed E-state index contributed by atoms with van der Waals surface area (Å²) in [5, 5.41) is 12.7. The van der Waals surface area contributed by atoms with Gasteiger partial charge in [-0.1, -0.05) is 25.7 Å². The third kappa shape index (κ3) is 5.64. The number of carbonyl (C=O) groups is 1. The first-order valence-electron chi connectivity index (χ1n) is 7.99. The summed E-state index contributed by atoms with van der Waals surface area (Å²) in [6.07, 6.45) is 5.72. The summed E-state index contributed by atoms with van der Waals surface area (Å²) in [7, 11) is 0. The van der Waals surface area contributed by atoms with E-state index in [9.17, 15) is 14.3 Å². The summed E-state index contributed by atoms with van der Waals surface area (Å²) >= 11 is 0. The van der Waals surface area contributed by atoms with Crippen LogP contribution in [0.2, 0.25) is 0 Å². The topological polar surface area (TPSA) is 58.6 Å². The van der Waals surface area contributed by atoms with Gasteiger partial charge in [-0.3, -0.25) is 4.79 Å². The van der Waals surface area contributed by atoms with Gasteiger partial charge in [0.2, 0.25) is 5.91 Å². The Hall–Kier alpha value is -1.62. The van der Waals surface area contributed by atoms with Gasteiger partial charge in [0.1, 0.15) is 24.3 Å². The molecule has 1 aliphatic carbocycles. The van der Waals surface area contributed by atoms with Crippen LogP contribution in [-0.2, 0) is 4.79 Å². The molecule has 1 fully saturated rings. The average Bonchev–Trinajstić information content (AvgIpc) is 2.81. The molecule has 0 heterocycles. The number of ether oxygens (including phenoxy) is 1. The number of nitrogens with one attached hydrogen (secondary N) is 1. The van der Waals surface area contributed by atoms with E-state index >= 15 is 0 Å². The van der Waals surface area contributed by atoms with Crippen molar-refractivity contribution in [1.29, 1.82) is 0 Å². The second-order valence-electron chi connectivity index (χ2n) is 5.85. The van der Waals surface area contributed by atoms with E-state index in [1.807, 2.05) is 0 Å². The highest BCUT2D eigenvalue weighted by Crippen LogP contribution is 2.22. The summed E-state index contributed by atoms with van der Waals surface area (Å²) < 4.78 is 18.1. The fourth-order valence-electron chi connectivity index (χ4n) is 2.69. The minimum Gasteiger partial charge on any atom is -0.491 e. The van der Waals surface area contributed by atoms with Gasteiger partial charge in [-0.2, -0.15) is 0 Å². The first-order chi connectivity index (χ1) is 10.6. The van der Waals surface area contributed by atoms with E-state index < -0.39 is 6.10 Å². The minimum atomic E-state index is -0.778. The van der Waals surface area contributed by atoms with Crippen molar-refractivity contribution >= 4 is 5.91 Å². The molecule has 1 saturated carbocycles. The molecule has 0 saturated heterocycles.